The third-order valence-corrected chi connectivity index (χ3v) is 7.07. The van der Waals surface area contributed by atoms with Crippen LogP contribution in [0.25, 0.3) is 0 Å². The highest BCUT2D eigenvalue weighted by atomic mass is 32.2. The third kappa shape index (κ3) is 6.45. The van der Waals surface area contributed by atoms with E-state index in [-0.39, 0.29) is 5.25 Å². The van der Waals surface area contributed by atoms with Crippen molar-refractivity contribution in [1.82, 2.24) is 5.32 Å². The van der Waals surface area contributed by atoms with Crippen LogP contribution in [-0.2, 0) is 29.9 Å². The van der Waals surface area contributed by atoms with Gasteiger partial charge in [-0.25, -0.2) is 12.6 Å². The summed E-state index contributed by atoms with van der Waals surface area (Å²) < 4.78 is 56.5. The smallest absolute Gasteiger partial charge is 0.265 e. The van der Waals surface area contributed by atoms with Crippen molar-refractivity contribution in [2.75, 3.05) is 26.2 Å². The maximum absolute atomic E-state index is 11.9. The molecule has 10 heteroatoms. The monoisotopic (exact) mass is 409 g/mol. The Bertz CT molecular complexity index is 776. The van der Waals surface area contributed by atoms with Crippen molar-refractivity contribution in [3.8, 4) is 5.75 Å². The van der Waals surface area contributed by atoms with Crippen molar-refractivity contribution < 1.29 is 25.8 Å². The summed E-state index contributed by atoms with van der Waals surface area (Å²) >= 11 is 1.70. The highest BCUT2D eigenvalue weighted by molar-refractivity contribution is 7.99. The van der Waals surface area contributed by atoms with Gasteiger partial charge >= 0.3 is 0 Å². The van der Waals surface area contributed by atoms with Crippen LogP contribution in [0.5, 0.6) is 5.75 Å². The molecule has 1 fully saturated rings. The topological polar surface area (TPSA) is 98.8 Å². The Balaban J connectivity index is 1.94. The lowest BCUT2D eigenvalue weighted by Gasteiger charge is -2.21. The number of ether oxygens (including phenoxy) is 1. The fourth-order valence-corrected chi connectivity index (χ4v) is 6.07. The van der Waals surface area contributed by atoms with Crippen LogP contribution in [0, 0.1) is 0 Å². The molecule has 1 aromatic carbocycles. The van der Waals surface area contributed by atoms with E-state index in [2.05, 4.69) is 5.32 Å². The van der Waals surface area contributed by atoms with Gasteiger partial charge in [0.1, 0.15) is 5.75 Å². The van der Waals surface area contributed by atoms with Crippen molar-refractivity contribution in [2.45, 2.75) is 28.9 Å². The Kier molecular flexibility index (Phi) is 6.77. The lowest BCUT2D eigenvalue weighted by Crippen LogP contribution is -2.42. The summed E-state index contributed by atoms with van der Waals surface area (Å²) in [7, 11) is -5.91. The molecule has 0 aromatic heterocycles. The first-order valence-electron chi connectivity index (χ1n) is 7.63. The van der Waals surface area contributed by atoms with Crippen LogP contribution < -0.4 is 10.1 Å². The summed E-state index contributed by atoms with van der Waals surface area (Å²) in [5.74, 6) is 1.57. The van der Waals surface area contributed by atoms with E-state index in [1.54, 1.807) is 18.9 Å². The van der Waals surface area contributed by atoms with E-state index >= 15 is 0 Å². The van der Waals surface area contributed by atoms with Gasteiger partial charge in [-0.2, -0.15) is 20.2 Å². The molecular formula is C15H23NO6S3. The van der Waals surface area contributed by atoms with Gasteiger partial charge in [0, 0.05) is 23.8 Å². The average Bonchev–Trinajstić information content (AvgIpc) is 2.98. The molecule has 0 spiro atoms. The number of hydrogen-bond acceptors (Lipinski definition) is 8. The Hall–Kier alpha value is -0.810. The van der Waals surface area contributed by atoms with Crippen molar-refractivity contribution in [3.05, 3.63) is 29.8 Å². The van der Waals surface area contributed by atoms with Gasteiger partial charge < -0.3 is 10.1 Å². The first-order valence-corrected chi connectivity index (χ1v) is 12.5. The largest absolute Gasteiger partial charge is 0.497 e. The molecule has 1 heterocycles. The minimum atomic E-state index is -3.86. The quantitative estimate of drug-likeness (QED) is 0.635. The SMILES string of the molecule is COc1ccc(CSC2CNC(C(OS(C)(=O)=O)S(C)(=O)=O)C2)cc1. The molecule has 25 heavy (non-hydrogen) atoms. The summed E-state index contributed by atoms with van der Waals surface area (Å²) in [6.07, 6.45) is 2.37. The number of sulfone groups is 1. The van der Waals surface area contributed by atoms with Gasteiger partial charge in [0.15, 0.2) is 15.3 Å². The predicted octanol–water partition coefficient (Wildman–Crippen LogP) is 1.01. The predicted molar refractivity (Wildman–Crippen MR) is 99.0 cm³/mol. The van der Waals surface area contributed by atoms with Crippen molar-refractivity contribution in [1.29, 1.82) is 0 Å². The molecule has 142 valence electrons. The number of methoxy groups -OCH3 is 1. The highest BCUT2D eigenvalue weighted by Crippen LogP contribution is 2.28. The number of thioether (sulfide) groups is 1. The van der Waals surface area contributed by atoms with Gasteiger partial charge in [-0.1, -0.05) is 12.1 Å². The number of nitrogens with one attached hydrogen (secondary N) is 1. The van der Waals surface area contributed by atoms with Crippen molar-refractivity contribution in [2.24, 2.45) is 0 Å². The van der Waals surface area contributed by atoms with Crippen LogP contribution in [-0.4, -0.2) is 59.7 Å². The minimum Gasteiger partial charge on any atom is -0.497 e. The van der Waals surface area contributed by atoms with E-state index in [0.717, 1.165) is 29.6 Å². The molecule has 1 saturated heterocycles. The van der Waals surface area contributed by atoms with E-state index in [4.69, 9.17) is 8.92 Å². The van der Waals surface area contributed by atoms with E-state index < -0.39 is 31.4 Å². The molecule has 0 amide bonds. The molecule has 0 aliphatic carbocycles. The molecule has 0 bridgehead atoms. The van der Waals surface area contributed by atoms with Gasteiger partial charge in [0.25, 0.3) is 10.1 Å². The van der Waals surface area contributed by atoms with Crippen LogP contribution >= 0.6 is 11.8 Å². The molecule has 1 aliphatic rings. The number of rotatable bonds is 8. The van der Waals surface area contributed by atoms with E-state index in [1.165, 1.54) is 0 Å². The first kappa shape index (κ1) is 20.5. The van der Waals surface area contributed by atoms with Gasteiger partial charge in [-0.3, -0.25) is 0 Å². The average molecular weight is 410 g/mol. The lowest BCUT2D eigenvalue weighted by atomic mass is 10.2. The summed E-state index contributed by atoms with van der Waals surface area (Å²) in [6, 6.07) is 7.21. The molecule has 1 aliphatic heterocycles. The Morgan fingerprint density at radius 3 is 2.36 bits per heavy atom. The Morgan fingerprint density at radius 1 is 1.20 bits per heavy atom. The Labute approximate surface area is 153 Å². The summed E-state index contributed by atoms with van der Waals surface area (Å²) in [6.45, 7) is 0.602. The summed E-state index contributed by atoms with van der Waals surface area (Å²) in [5.41, 5.74) is -0.254. The molecule has 3 atom stereocenters. The van der Waals surface area contributed by atoms with Crippen LogP contribution in [0.4, 0.5) is 0 Å². The van der Waals surface area contributed by atoms with Gasteiger partial charge in [0.2, 0.25) is 0 Å². The van der Waals surface area contributed by atoms with Crippen LogP contribution in [0.15, 0.2) is 24.3 Å². The second kappa shape index (κ2) is 8.26. The van der Waals surface area contributed by atoms with Crippen LogP contribution in [0.2, 0.25) is 0 Å². The molecule has 2 rings (SSSR count). The molecule has 3 unspecified atom stereocenters. The van der Waals surface area contributed by atoms with Gasteiger partial charge in [-0.15, -0.1) is 0 Å². The number of hydrogen-bond donors (Lipinski definition) is 1. The highest BCUT2D eigenvalue weighted by Gasteiger charge is 2.39. The van der Waals surface area contributed by atoms with E-state index in [1.807, 2.05) is 24.3 Å². The maximum atomic E-state index is 11.9. The maximum Gasteiger partial charge on any atom is 0.265 e. The zero-order valence-electron chi connectivity index (χ0n) is 14.3. The van der Waals surface area contributed by atoms with Crippen molar-refractivity contribution >= 4 is 31.7 Å². The standard InChI is InChI=1S/C15H23NO6S3/c1-21-12-6-4-11(5-7-12)10-23-13-8-14(16-9-13)15(24(2,17)18)22-25(3,19)20/h4-7,13-16H,8-10H2,1-3H3. The minimum absolute atomic E-state index is 0.180. The van der Waals surface area contributed by atoms with Crippen molar-refractivity contribution in [3.63, 3.8) is 0 Å². The van der Waals surface area contributed by atoms with E-state index in [9.17, 15) is 16.8 Å². The molecule has 0 radical (unpaired) electrons. The normalized spacial score (nSPS) is 22.7. The summed E-state index contributed by atoms with van der Waals surface area (Å²) in [5, 5.41) is 3.26. The third-order valence-electron chi connectivity index (χ3n) is 3.79. The molecular weight excluding hydrogens is 386 g/mol. The van der Waals surface area contributed by atoms with Crippen LogP contribution in [0.3, 0.4) is 0 Å². The lowest BCUT2D eigenvalue weighted by molar-refractivity contribution is 0.240. The molecule has 0 saturated carbocycles. The van der Waals surface area contributed by atoms with Gasteiger partial charge in [0.05, 0.1) is 19.4 Å². The first-order chi connectivity index (χ1) is 11.6. The Morgan fingerprint density at radius 2 is 1.84 bits per heavy atom. The second-order valence-corrected chi connectivity index (χ2v) is 11.0. The zero-order chi connectivity index (χ0) is 18.7. The van der Waals surface area contributed by atoms with E-state index in [0.29, 0.717) is 13.0 Å². The second-order valence-electron chi connectivity index (χ2n) is 6.03. The molecule has 7 nitrogen and oxygen atoms in total. The number of benzene rings is 1. The summed E-state index contributed by atoms with van der Waals surface area (Å²) in [4.78, 5) is 0. The fraction of sp³-hybridized carbons (Fsp3) is 0.600. The zero-order valence-corrected chi connectivity index (χ0v) is 16.8. The van der Waals surface area contributed by atoms with Gasteiger partial charge in [-0.05, 0) is 24.1 Å². The van der Waals surface area contributed by atoms with Crippen LogP contribution in [0.1, 0.15) is 12.0 Å². The fourth-order valence-electron chi connectivity index (χ4n) is 2.61. The molecule has 1 N–H and O–H groups in total. The molecule has 1 aromatic rings.